The Morgan fingerprint density at radius 3 is 2.20 bits per heavy atom. The van der Waals surface area contributed by atoms with E-state index in [4.69, 9.17) is 11.6 Å². The van der Waals surface area contributed by atoms with Crippen LogP contribution in [0.5, 0.6) is 0 Å². The summed E-state index contributed by atoms with van der Waals surface area (Å²) >= 11 is 9.24. The number of halogens is 2. The van der Waals surface area contributed by atoms with Gasteiger partial charge in [-0.25, -0.2) is 8.42 Å². The summed E-state index contributed by atoms with van der Waals surface area (Å²) in [6.45, 7) is 5.65. The lowest BCUT2D eigenvalue weighted by Crippen LogP contribution is -2.40. The van der Waals surface area contributed by atoms with E-state index >= 15 is 0 Å². The maximum absolute atomic E-state index is 12.5. The quantitative estimate of drug-likeness (QED) is 0.731. The van der Waals surface area contributed by atoms with E-state index in [1.165, 1.54) is 24.3 Å². The third-order valence-electron chi connectivity index (χ3n) is 3.07. The highest BCUT2D eigenvalue weighted by Crippen LogP contribution is 2.27. The Labute approximate surface area is 161 Å². The summed E-state index contributed by atoms with van der Waals surface area (Å²) in [7, 11) is -3.83. The van der Waals surface area contributed by atoms with Crippen LogP contribution >= 0.6 is 27.5 Å². The Bertz CT molecular complexity index is 891. The highest BCUT2D eigenvalue weighted by molar-refractivity contribution is 9.10. The molecule has 0 fully saturated rings. The highest BCUT2D eigenvalue weighted by Gasteiger charge is 2.19. The largest absolute Gasteiger partial charge is 0.347 e. The van der Waals surface area contributed by atoms with E-state index in [0.717, 1.165) is 0 Å². The number of amides is 1. The van der Waals surface area contributed by atoms with Crippen LogP contribution in [0.2, 0.25) is 5.02 Å². The Kier molecular flexibility index (Phi) is 5.81. The molecule has 2 aromatic rings. The van der Waals surface area contributed by atoms with Crippen LogP contribution in [0, 0.1) is 0 Å². The minimum Gasteiger partial charge on any atom is -0.347 e. The van der Waals surface area contributed by atoms with Crippen LogP contribution < -0.4 is 10.0 Å². The Hall–Kier alpha value is -1.57. The van der Waals surface area contributed by atoms with Crippen LogP contribution in [0.25, 0.3) is 0 Å². The fourth-order valence-electron chi connectivity index (χ4n) is 2.01. The molecule has 134 valence electrons. The molecule has 2 rings (SSSR count). The molecule has 0 heterocycles. The Balaban J connectivity index is 2.19. The van der Waals surface area contributed by atoms with Crippen molar-refractivity contribution in [1.82, 2.24) is 5.32 Å². The van der Waals surface area contributed by atoms with Gasteiger partial charge in [0.1, 0.15) is 4.90 Å². The van der Waals surface area contributed by atoms with Crippen LogP contribution in [-0.4, -0.2) is 19.9 Å². The summed E-state index contributed by atoms with van der Waals surface area (Å²) in [4.78, 5) is 12.1. The van der Waals surface area contributed by atoms with E-state index in [1.807, 2.05) is 20.8 Å². The van der Waals surface area contributed by atoms with Crippen molar-refractivity contribution < 1.29 is 13.2 Å². The normalized spacial score (nSPS) is 11.9. The van der Waals surface area contributed by atoms with Crippen molar-refractivity contribution >= 4 is 49.1 Å². The van der Waals surface area contributed by atoms with Gasteiger partial charge in [-0.1, -0.05) is 27.5 Å². The van der Waals surface area contributed by atoms with Gasteiger partial charge in [0.2, 0.25) is 0 Å². The number of anilines is 1. The number of sulfonamides is 1. The molecule has 0 aromatic heterocycles. The molecule has 0 saturated heterocycles. The molecule has 25 heavy (non-hydrogen) atoms. The zero-order chi connectivity index (χ0) is 18.8. The van der Waals surface area contributed by atoms with Crippen molar-refractivity contribution in [2.24, 2.45) is 0 Å². The molecule has 0 unspecified atom stereocenters. The average molecular weight is 446 g/mol. The van der Waals surface area contributed by atoms with Crippen LogP contribution in [0.3, 0.4) is 0 Å². The van der Waals surface area contributed by atoms with E-state index < -0.39 is 10.0 Å². The zero-order valence-electron chi connectivity index (χ0n) is 13.9. The number of carbonyl (C=O) groups excluding carboxylic acids is 1. The molecular formula is C17H18BrClN2O3S. The molecule has 8 heteroatoms. The van der Waals surface area contributed by atoms with E-state index in [1.54, 1.807) is 18.2 Å². The summed E-state index contributed by atoms with van der Waals surface area (Å²) in [6.07, 6.45) is 0. The van der Waals surface area contributed by atoms with Crippen molar-refractivity contribution in [3.8, 4) is 0 Å². The maximum atomic E-state index is 12.5. The van der Waals surface area contributed by atoms with E-state index in [0.29, 0.717) is 15.7 Å². The smallest absolute Gasteiger partial charge is 0.263 e. The molecule has 0 spiro atoms. The van der Waals surface area contributed by atoms with Crippen LogP contribution in [0.4, 0.5) is 5.69 Å². The summed E-state index contributed by atoms with van der Waals surface area (Å²) in [5, 5.41) is 2.96. The van der Waals surface area contributed by atoms with Gasteiger partial charge in [0.15, 0.2) is 0 Å². The zero-order valence-corrected chi connectivity index (χ0v) is 17.1. The fourth-order valence-corrected chi connectivity index (χ4v) is 4.10. The van der Waals surface area contributed by atoms with E-state index in [2.05, 4.69) is 26.0 Å². The fraction of sp³-hybridized carbons (Fsp3) is 0.235. The monoisotopic (exact) mass is 444 g/mol. The van der Waals surface area contributed by atoms with Gasteiger partial charge in [0, 0.05) is 21.3 Å². The predicted molar refractivity (Wildman–Crippen MR) is 104 cm³/mol. The number of hydrogen-bond acceptors (Lipinski definition) is 3. The topological polar surface area (TPSA) is 75.3 Å². The van der Waals surface area contributed by atoms with Crippen molar-refractivity contribution in [1.29, 1.82) is 0 Å². The number of rotatable bonds is 4. The predicted octanol–water partition coefficient (Wildman–Crippen LogP) is 4.43. The molecule has 0 aliphatic carbocycles. The first-order valence-corrected chi connectivity index (χ1v) is 10.0. The molecule has 1 amide bonds. The molecule has 0 radical (unpaired) electrons. The average Bonchev–Trinajstić information content (AvgIpc) is 2.45. The van der Waals surface area contributed by atoms with Gasteiger partial charge in [-0.15, -0.1) is 0 Å². The van der Waals surface area contributed by atoms with Gasteiger partial charge in [0.25, 0.3) is 15.9 Å². The first kappa shape index (κ1) is 19.8. The summed E-state index contributed by atoms with van der Waals surface area (Å²) < 4.78 is 28.0. The van der Waals surface area contributed by atoms with Gasteiger partial charge >= 0.3 is 0 Å². The van der Waals surface area contributed by atoms with Crippen molar-refractivity contribution in [3.05, 3.63) is 57.5 Å². The molecule has 0 aliphatic rings. The summed E-state index contributed by atoms with van der Waals surface area (Å²) in [6, 6.07) is 10.7. The molecule has 0 atom stereocenters. The number of benzene rings is 2. The molecule has 0 saturated carbocycles. The minimum atomic E-state index is -3.83. The molecule has 0 bridgehead atoms. The third-order valence-corrected chi connectivity index (χ3v) is 5.43. The second-order valence-electron chi connectivity index (χ2n) is 6.46. The Morgan fingerprint density at radius 2 is 1.68 bits per heavy atom. The van der Waals surface area contributed by atoms with Crippen LogP contribution in [0.1, 0.15) is 31.1 Å². The van der Waals surface area contributed by atoms with Gasteiger partial charge < -0.3 is 5.32 Å². The second-order valence-corrected chi connectivity index (χ2v) is 9.44. The standard InChI is InChI=1S/C17H18BrClN2O3S/c1-17(2,3)20-16(22)11-4-7-13(8-5-11)21-25(23,24)15-9-6-12(18)10-14(15)19/h4-10,21H,1-3H3,(H,20,22). The van der Waals surface area contributed by atoms with Gasteiger partial charge in [-0.05, 0) is 63.2 Å². The van der Waals surface area contributed by atoms with Gasteiger partial charge in [-0.2, -0.15) is 0 Å². The maximum Gasteiger partial charge on any atom is 0.263 e. The molecule has 5 nitrogen and oxygen atoms in total. The number of nitrogens with one attached hydrogen (secondary N) is 2. The van der Waals surface area contributed by atoms with Crippen molar-refractivity contribution in [2.75, 3.05) is 4.72 Å². The van der Waals surface area contributed by atoms with Gasteiger partial charge in [0.05, 0.1) is 5.02 Å². The minimum absolute atomic E-state index is 0.0214. The van der Waals surface area contributed by atoms with Crippen LogP contribution in [0.15, 0.2) is 51.8 Å². The summed E-state index contributed by atoms with van der Waals surface area (Å²) in [5.41, 5.74) is 0.432. The van der Waals surface area contributed by atoms with Crippen molar-refractivity contribution in [3.63, 3.8) is 0 Å². The van der Waals surface area contributed by atoms with Gasteiger partial charge in [-0.3, -0.25) is 9.52 Å². The van der Waals surface area contributed by atoms with Crippen molar-refractivity contribution in [2.45, 2.75) is 31.2 Å². The number of carbonyl (C=O) groups is 1. The van der Waals surface area contributed by atoms with E-state index in [-0.39, 0.29) is 21.4 Å². The highest BCUT2D eigenvalue weighted by atomic mass is 79.9. The lowest BCUT2D eigenvalue weighted by atomic mass is 10.1. The van der Waals surface area contributed by atoms with E-state index in [9.17, 15) is 13.2 Å². The molecule has 2 aromatic carbocycles. The molecular weight excluding hydrogens is 428 g/mol. The lowest BCUT2D eigenvalue weighted by molar-refractivity contribution is 0.0919. The Morgan fingerprint density at radius 1 is 1.08 bits per heavy atom. The van der Waals surface area contributed by atoms with Crippen LogP contribution in [-0.2, 0) is 10.0 Å². The number of hydrogen-bond donors (Lipinski definition) is 2. The first-order chi connectivity index (χ1) is 11.5. The lowest BCUT2D eigenvalue weighted by Gasteiger charge is -2.20. The molecule has 2 N–H and O–H groups in total. The molecule has 0 aliphatic heterocycles. The third kappa shape index (κ3) is 5.45. The summed E-state index contributed by atoms with van der Waals surface area (Å²) in [5.74, 6) is -0.224. The SMILES string of the molecule is CC(C)(C)NC(=O)c1ccc(NS(=O)(=O)c2ccc(Br)cc2Cl)cc1. The first-order valence-electron chi connectivity index (χ1n) is 7.38. The second kappa shape index (κ2) is 7.35.